The Labute approximate surface area is 43.8 Å². The van der Waals surface area contributed by atoms with Crippen LogP contribution in [0.15, 0.2) is 0 Å². The summed E-state index contributed by atoms with van der Waals surface area (Å²) in [4.78, 5) is 0. The predicted molar refractivity (Wildman–Crippen MR) is 28.1 cm³/mol. The second-order valence-electron chi connectivity index (χ2n) is 1.69. The largest absolute Gasteiger partial charge is 0.226 e. The van der Waals surface area contributed by atoms with Crippen molar-refractivity contribution in [3.05, 3.63) is 0 Å². The first-order valence-electron chi connectivity index (χ1n) is 2.56. The lowest BCUT2D eigenvalue weighted by molar-refractivity contribution is -0.157. The van der Waals surface area contributed by atoms with E-state index in [0.29, 0.717) is 0 Å². The lowest BCUT2D eigenvalue weighted by Gasteiger charge is -2.41. The smallest absolute Gasteiger partial charge is 0.0779 e. The topological polar surface area (TPSA) is 18.5 Å². The van der Waals surface area contributed by atoms with Crippen LogP contribution in [-0.2, 0) is 0 Å². The highest BCUT2D eigenvalue weighted by Crippen LogP contribution is 1.95. The number of hydrogen-bond donors (Lipinski definition) is 1. The van der Waals surface area contributed by atoms with Crippen molar-refractivity contribution >= 4 is 0 Å². The SMILES string of the molecule is CCN1NCN1C. The number of nitrogens with one attached hydrogen (secondary N) is 1. The monoisotopic (exact) mass is 101 g/mol. The fourth-order valence-corrected chi connectivity index (χ4v) is 0.665. The van der Waals surface area contributed by atoms with Crippen LogP contribution in [0, 0.1) is 0 Å². The van der Waals surface area contributed by atoms with Crippen molar-refractivity contribution in [2.45, 2.75) is 6.92 Å². The molecule has 1 aliphatic rings. The van der Waals surface area contributed by atoms with E-state index in [1.54, 1.807) is 0 Å². The maximum absolute atomic E-state index is 3.10. The zero-order valence-corrected chi connectivity index (χ0v) is 4.81. The fourth-order valence-electron chi connectivity index (χ4n) is 0.665. The molecule has 0 atom stereocenters. The van der Waals surface area contributed by atoms with Crippen LogP contribution < -0.4 is 5.43 Å². The van der Waals surface area contributed by atoms with Gasteiger partial charge in [-0.25, -0.2) is 10.4 Å². The highest BCUT2D eigenvalue weighted by molar-refractivity contribution is 4.51. The molecule has 0 aromatic rings. The van der Waals surface area contributed by atoms with E-state index in [2.05, 4.69) is 29.5 Å². The van der Waals surface area contributed by atoms with E-state index in [9.17, 15) is 0 Å². The van der Waals surface area contributed by atoms with Gasteiger partial charge in [-0.3, -0.25) is 0 Å². The van der Waals surface area contributed by atoms with Crippen LogP contribution in [0.1, 0.15) is 6.92 Å². The molecule has 3 heteroatoms. The first-order chi connectivity index (χ1) is 3.34. The highest BCUT2D eigenvalue weighted by atomic mass is 15.9. The molecule has 1 aliphatic heterocycles. The third-order valence-electron chi connectivity index (χ3n) is 1.19. The summed E-state index contributed by atoms with van der Waals surface area (Å²) < 4.78 is 0. The number of hydrazine groups is 2. The summed E-state index contributed by atoms with van der Waals surface area (Å²) in [6.07, 6.45) is 0. The van der Waals surface area contributed by atoms with Crippen molar-refractivity contribution in [1.82, 2.24) is 15.6 Å². The van der Waals surface area contributed by atoms with Gasteiger partial charge in [0.05, 0.1) is 6.67 Å². The minimum absolute atomic E-state index is 0.994. The highest BCUT2D eigenvalue weighted by Gasteiger charge is 2.16. The van der Waals surface area contributed by atoms with Gasteiger partial charge in [0, 0.05) is 13.6 Å². The van der Waals surface area contributed by atoms with Gasteiger partial charge in [0.15, 0.2) is 0 Å². The molecule has 0 aromatic heterocycles. The van der Waals surface area contributed by atoms with Crippen molar-refractivity contribution in [1.29, 1.82) is 0 Å². The molecule has 1 fully saturated rings. The average Bonchev–Trinajstić information content (AvgIpc) is 1.65. The average molecular weight is 101 g/mol. The summed E-state index contributed by atoms with van der Waals surface area (Å²) in [6, 6.07) is 0. The van der Waals surface area contributed by atoms with Gasteiger partial charge in [0.2, 0.25) is 0 Å². The van der Waals surface area contributed by atoms with Gasteiger partial charge in [-0.2, -0.15) is 5.12 Å². The van der Waals surface area contributed by atoms with Crippen molar-refractivity contribution in [2.75, 3.05) is 20.3 Å². The number of rotatable bonds is 1. The number of hydrogen-bond acceptors (Lipinski definition) is 3. The standard InChI is InChI=1S/C4H11N3/c1-3-7-5-4-6(7)2/h5H,3-4H2,1-2H3. The van der Waals surface area contributed by atoms with Gasteiger partial charge < -0.3 is 0 Å². The van der Waals surface area contributed by atoms with Crippen LogP contribution in [0.5, 0.6) is 0 Å². The van der Waals surface area contributed by atoms with Crippen LogP contribution >= 0.6 is 0 Å². The van der Waals surface area contributed by atoms with Gasteiger partial charge in [0.1, 0.15) is 0 Å². The maximum Gasteiger partial charge on any atom is 0.0779 e. The van der Waals surface area contributed by atoms with Crippen molar-refractivity contribution in [3.63, 3.8) is 0 Å². The van der Waals surface area contributed by atoms with Crippen molar-refractivity contribution in [3.8, 4) is 0 Å². The van der Waals surface area contributed by atoms with E-state index in [1.165, 1.54) is 0 Å². The summed E-state index contributed by atoms with van der Waals surface area (Å²) in [5.41, 5.74) is 3.10. The molecule has 0 aromatic carbocycles. The molecule has 42 valence electrons. The lowest BCUT2D eigenvalue weighted by Crippen LogP contribution is -2.63. The molecule has 1 heterocycles. The van der Waals surface area contributed by atoms with Gasteiger partial charge >= 0.3 is 0 Å². The maximum atomic E-state index is 3.10. The van der Waals surface area contributed by atoms with Crippen molar-refractivity contribution in [2.24, 2.45) is 0 Å². The summed E-state index contributed by atoms with van der Waals surface area (Å²) in [6.45, 7) is 4.16. The summed E-state index contributed by atoms with van der Waals surface area (Å²) in [7, 11) is 2.06. The molecule has 1 saturated heterocycles. The van der Waals surface area contributed by atoms with Crippen LogP contribution in [0.4, 0.5) is 0 Å². The Morgan fingerprint density at radius 1 is 1.71 bits per heavy atom. The molecule has 1 rings (SSSR count). The van der Waals surface area contributed by atoms with E-state index >= 15 is 0 Å². The first kappa shape index (κ1) is 5.03. The van der Waals surface area contributed by atoms with Gasteiger partial charge in [-0.15, -0.1) is 0 Å². The fraction of sp³-hybridized carbons (Fsp3) is 1.00. The van der Waals surface area contributed by atoms with E-state index in [0.717, 1.165) is 13.2 Å². The van der Waals surface area contributed by atoms with E-state index < -0.39 is 0 Å². The molecule has 0 radical (unpaired) electrons. The van der Waals surface area contributed by atoms with Crippen LogP contribution in [0.25, 0.3) is 0 Å². The minimum atomic E-state index is 0.994. The predicted octanol–water partition coefficient (Wildman–Crippen LogP) is -0.369. The molecule has 3 nitrogen and oxygen atoms in total. The Balaban J connectivity index is 2.16. The Morgan fingerprint density at radius 2 is 2.43 bits per heavy atom. The van der Waals surface area contributed by atoms with Crippen molar-refractivity contribution < 1.29 is 0 Å². The molecule has 0 spiro atoms. The van der Waals surface area contributed by atoms with E-state index in [-0.39, 0.29) is 0 Å². The molecule has 1 N–H and O–H groups in total. The van der Waals surface area contributed by atoms with Gasteiger partial charge in [0.25, 0.3) is 0 Å². The molecular formula is C4H11N3. The van der Waals surface area contributed by atoms with Crippen LogP contribution in [-0.4, -0.2) is 30.4 Å². The third-order valence-corrected chi connectivity index (χ3v) is 1.19. The normalized spacial score (nSPS) is 24.9. The third kappa shape index (κ3) is 0.748. The molecule has 7 heavy (non-hydrogen) atoms. The van der Waals surface area contributed by atoms with E-state index in [4.69, 9.17) is 0 Å². The molecular weight excluding hydrogens is 90.1 g/mol. The van der Waals surface area contributed by atoms with E-state index in [1.807, 2.05) is 0 Å². The summed E-state index contributed by atoms with van der Waals surface area (Å²) in [5, 5.41) is 4.18. The van der Waals surface area contributed by atoms with Crippen LogP contribution in [0.3, 0.4) is 0 Å². The quantitative estimate of drug-likeness (QED) is 0.486. The second-order valence-corrected chi connectivity index (χ2v) is 1.69. The molecule has 0 amide bonds. The van der Waals surface area contributed by atoms with Gasteiger partial charge in [-0.05, 0) is 6.92 Å². The lowest BCUT2D eigenvalue weighted by atomic mass is 10.7. The Hall–Kier alpha value is -0.120. The molecule has 0 bridgehead atoms. The zero-order valence-electron chi connectivity index (χ0n) is 4.81. The molecule has 0 unspecified atom stereocenters. The minimum Gasteiger partial charge on any atom is -0.226 e. The second kappa shape index (κ2) is 1.78. The van der Waals surface area contributed by atoms with Gasteiger partial charge in [-0.1, -0.05) is 0 Å². The zero-order chi connectivity index (χ0) is 5.28. The molecule has 0 aliphatic carbocycles. The summed E-state index contributed by atoms with van der Waals surface area (Å²) in [5.74, 6) is 0. The Kier molecular flexibility index (Phi) is 1.27. The number of nitrogens with zero attached hydrogens (tertiary/aromatic N) is 2. The Morgan fingerprint density at radius 3 is 2.43 bits per heavy atom. The Bertz CT molecular complexity index is 62.0. The summed E-state index contributed by atoms with van der Waals surface area (Å²) >= 11 is 0. The van der Waals surface area contributed by atoms with Crippen LogP contribution in [0.2, 0.25) is 0 Å². The molecule has 0 saturated carbocycles. The first-order valence-corrected chi connectivity index (χ1v) is 2.56.